The number of carbonyl (C=O) groups excluding carboxylic acids is 1. The number of amides is 1. The van der Waals surface area contributed by atoms with Gasteiger partial charge in [0.05, 0.1) is 0 Å². The Balaban J connectivity index is 2.82. The van der Waals surface area contributed by atoms with Crippen LogP contribution in [-0.4, -0.2) is 26.2 Å². The highest BCUT2D eigenvalue weighted by Crippen LogP contribution is 2.26. The van der Waals surface area contributed by atoms with Crippen LogP contribution in [0.4, 0.5) is 0 Å². The van der Waals surface area contributed by atoms with Crippen LogP contribution < -0.4 is 5.32 Å². The third-order valence-electron chi connectivity index (χ3n) is 2.46. The molecule has 0 fully saturated rings. The molecule has 106 valence electrons. The van der Waals surface area contributed by atoms with Crippen molar-refractivity contribution in [3.63, 3.8) is 0 Å². The standard InChI is InChI=1S/C14H14Cl2N2O2/c1-20-7-3-6-18-14(19)10(9-17)8-11-12(15)4-2-5-13(11)16/h2,4-5,8H,3,6-7H2,1H3,(H,18,19)/b10-8+. The Labute approximate surface area is 127 Å². The van der Waals surface area contributed by atoms with Crippen molar-refractivity contribution in [3.05, 3.63) is 39.4 Å². The first kappa shape index (κ1) is 16.5. The number of hydrogen-bond acceptors (Lipinski definition) is 3. The lowest BCUT2D eigenvalue weighted by molar-refractivity contribution is -0.117. The normalized spacial score (nSPS) is 11.0. The zero-order chi connectivity index (χ0) is 15.0. The minimum Gasteiger partial charge on any atom is -0.385 e. The van der Waals surface area contributed by atoms with Gasteiger partial charge in [-0.25, -0.2) is 0 Å². The molecule has 4 nitrogen and oxygen atoms in total. The molecule has 0 aromatic heterocycles. The predicted octanol–water partition coefficient (Wildman–Crippen LogP) is 3.05. The third kappa shape index (κ3) is 4.86. The van der Waals surface area contributed by atoms with Crippen LogP contribution in [-0.2, 0) is 9.53 Å². The van der Waals surface area contributed by atoms with Crippen LogP contribution in [0, 0.1) is 11.3 Å². The van der Waals surface area contributed by atoms with E-state index in [1.54, 1.807) is 25.3 Å². The molecule has 1 rings (SSSR count). The highest BCUT2D eigenvalue weighted by atomic mass is 35.5. The van der Waals surface area contributed by atoms with Gasteiger partial charge in [0.1, 0.15) is 11.6 Å². The van der Waals surface area contributed by atoms with E-state index in [0.717, 1.165) is 0 Å². The van der Waals surface area contributed by atoms with Crippen molar-refractivity contribution < 1.29 is 9.53 Å². The second-order valence-corrected chi connectivity index (χ2v) is 4.72. The first-order valence-electron chi connectivity index (χ1n) is 5.93. The summed E-state index contributed by atoms with van der Waals surface area (Å²) in [5.74, 6) is -0.459. The molecule has 0 radical (unpaired) electrons. The smallest absolute Gasteiger partial charge is 0.261 e. The van der Waals surface area contributed by atoms with Gasteiger partial charge in [0, 0.05) is 35.9 Å². The van der Waals surface area contributed by atoms with Crippen molar-refractivity contribution >= 4 is 35.2 Å². The van der Waals surface area contributed by atoms with Gasteiger partial charge in [-0.3, -0.25) is 4.79 Å². The Bertz CT molecular complexity index is 530. The summed E-state index contributed by atoms with van der Waals surface area (Å²) in [4.78, 5) is 11.8. The van der Waals surface area contributed by atoms with Gasteiger partial charge in [0.25, 0.3) is 5.91 Å². The van der Waals surface area contributed by atoms with Crippen LogP contribution in [0.15, 0.2) is 23.8 Å². The van der Waals surface area contributed by atoms with Gasteiger partial charge < -0.3 is 10.1 Å². The summed E-state index contributed by atoms with van der Waals surface area (Å²) >= 11 is 12.0. The molecule has 0 heterocycles. The zero-order valence-corrected chi connectivity index (χ0v) is 12.5. The van der Waals surface area contributed by atoms with Crippen LogP contribution in [0.25, 0.3) is 6.08 Å². The van der Waals surface area contributed by atoms with Crippen molar-refractivity contribution in [2.45, 2.75) is 6.42 Å². The summed E-state index contributed by atoms with van der Waals surface area (Å²) in [6.07, 6.45) is 2.06. The highest BCUT2D eigenvalue weighted by Gasteiger charge is 2.11. The lowest BCUT2D eigenvalue weighted by Gasteiger charge is -2.05. The van der Waals surface area contributed by atoms with Crippen molar-refractivity contribution in [2.75, 3.05) is 20.3 Å². The quantitative estimate of drug-likeness (QED) is 0.499. The molecular weight excluding hydrogens is 299 g/mol. The van der Waals surface area contributed by atoms with Gasteiger partial charge in [-0.1, -0.05) is 29.3 Å². The number of halogens is 2. The summed E-state index contributed by atoms with van der Waals surface area (Å²) < 4.78 is 4.87. The van der Waals surface area contributed by atoms with E-state index in [1.165, 1.54) is 6.08 Å². The van der Waals surface area contributed by atoms with Gasteiger partial charge in [0.15, 0.2) is 0 Å². The Morgan fingerprint density at radius 3 is 2.65 bits per heavy atom. The molecule has 1 aromatic rings. The first-order valence-corrected chi connectivity index (χ1v) is 6.68. The number of benzene rings is 1. The molecule has 0 aliphatic heterocycles. The van der Waals surface area contributed by atoms with Gasteiger partial charge in [-0.2, -0.15) is 5.26 Å². The summed E-state index contributed by atoms with van der Waals surface area (Å²) in [6.45, 7) is 0.976. The minimum absolute atomic E-state index is 0.0441. The van der Waals surface area contributed by atoms with Crippen LogP contribution in [0.3, 0.4) is 0 Å². The van der Waals surface area contributed by atoms with E-state index in [4.69, 9.17) is 33.2 Å². The summed E-state index contributed by atoms with van der Waals surface area (Å²) in [5.41, 5.74) is 0.414. The molecule has 0 spiro atoms. The molecule has 1 N–H and O–H groups in total. The lowest BCUT2D eigenvalue weighted by Crippen LogP contribution is -2.26. The minimum atomic E-state index is -0.459. The van der Waals surface area contributed by atoms with Crippen molar-refractivity contribution in [1.29, 1.82) is 5.26 Å². The number of nitriles is 1. The van der Waals surface area contributed by atoms with E-state index in [-0.39, 0.29) is 5.57 Å². The summed E-state index contributed by atoms with van der Waals surface area (Å²) in [6, 6.07) is 6.83. The molecule has 0 bridgehead atoms. The summed E-state index contributed by atoms with van der Waals surface area (Å²) in [7, 11) is 1.59. The van der Waals surface area contributed by atoms with E-state index < -0.39 is 5.91 Å². The molecular formula is C14H14Cl2N2O2. The lowest BCUT2D eigenvalue weighted by atomic mass is 10.1. The van der Waals surface area contributed by atoms with E-state index in [2.05, 4.69) is 5.32 Å². The van der Waals surface area contributed by atoms with Gasteiger partial charge in [-0.15, -0.1) is 0 Å². The number of methoxy groups -OCH3 is 1. The molecule has 0 saturated carbocycles. The third-order valence-corrected chi connectivity index (χ3v) is 3.12. The SMILES string of the molecule is COCCCNC(=O)/C(C#N)=C/c1c(Cl)cccc1Cl. The van der Waals surface area contributed by atoms with E-state index >= 15 is 0 Å². The van der Waals surface area contributed by atoms with E-state index in [0.29, 0.717) is 35.2 Å². The molecule has 6 heteroatoms. The maximum absolute atomic E-state index is 11.8. The van der Waals surface area contributed by atoms with Crippen LogP contribution in [0.1, 0.15) is 12.0 Å². The fraction of sp³-hybridized carbons (Fsp3) is 0.286. The zero-order valence-electron chi connectivity index (χ0n) is 11.0. The van der Waals surface area contributed by atoms with Gasteiger partial charge >= 0.3 is 0 Å². The molecule has 1 amide bonds. The molecule has 0 atom stereocenters. The monoisotopic (exact) mass is 312 g/mol. The van der Waals surface area contributed by atoms with Crippen molar-refractivity contribution in [1.82, 2.24) is 5.32 Å². The number of carbonyl (C=O) groups is 1. The maximum Gasteiger partial charge on any atom is 0.261 e. The van der Waals surface area contributed by atoms with E-state index in [1.807, 2.05) is 6.07 Å². The second kappa shape index (κ2) is 8.60. The Morgan fingerprint density at radius 2 is 2.10 bits per heavy atom. The molecule has 0 aliphatic rings. The van der Waals surface area contributed by atoms with Crippen molar-refractivity contribution in [3.8, 4) is 6.07 Å². The van der Waals surface area contributed by atoms with E-state index in [9.17, 15) is 4.79 Å². The molecule has 0 unspecified atom stereocenters. The molecule has 0 saturated heterocycles. The average molecular weight is 313 g/mol. The topological polar surface area (TPSA) is 62.1 Å². The first-order chi connectivity index (χ1) is 9.60. The number of hydrogen-bond donors (Lipinski definition) is 1. The van der Waals surface area contributed by atoms with Gasteiger partial charge in [-0.05, 0) is 24.6 Å². The fourth-order valence-electron chi connectivity index (χ4n) is 1.46. The molecule has 1 aromatic carbocycles. The Morgan fingerprint density at radius 1 is 1.45 bits per heavy atom. The molecule has 0 aliphatic carbocycles. The fourth-order valence-corrected chi connectivity index (χ4v) is 1.96. The van der Waals surface area contributed by atoms with Crippen molar-refractivity contribution in [2.24, 2.45) is 0 Å². The van der Waals surface area contributed by atoms with Crippen LogP contribution >= 0.6 is 23.2 Å². The second-order valence-electron chi connectivity index (χ2n) is 3.91. The maximum atomic E-state index is 11.8. The predicted molar refractivity (Wildman–Crippen MR) is 79.6 cm³/mol. The number of nitrogens with zero attached hydrogens (tertiary/aromatic N) is 1. The molecule has 20 heavy (non-hydrogen) atoms. The summed E-state index contributed by atoms with van der Waals surface area (Å²) in [5, 5.41) is 12.5. The number of nitrogens with one attached hydrogen (secondary N) is 1. The number of ether oxygens (including phenoxy) is 1. The van der Waals surface area contributed by atoms with Gasteiger partial charge in [0.2, 0.25) is 0 Å². The van der Waals surface area contributed by atoms with Crippen LogP contribution in [0.5, 0.6) is 0 Å². The average Bonchev–Trinajstić information content (AvgIpc) is 2.43. The Hall–Kier alpha value is -1.54. The Kier molecular flexibility index (Phi) is 7.10. The highest BCUT2D eigenvalue weighted by molar-refractivity contribution is 6.37. The largest absolute Gasteiger partial charge is 0.385 e. The number of rotatable bonds is 6. The van der Waals surface area contributed by atoms with Crippen LogP contribution in [0.2, 0.25) is 10.0 Å².